The van der Waals surface area contributed by atoms with E-state index in [9.17, 15) is 0 Å². The number of hydrogen-bond acceptors (Lipinski definition) is 4. The first kappa shape index (κ1) is 57.1. The molecule has 2 fully saturated rings. The number of nitrogens with one attached hydrogen (secondary N) is 1. The van der Waals surface area contributed by atoms with Crippen LogP contribution in [-0.4, -0.2) is 33.6 Å². The third-order valence-corrected chi connectivity index (χ3v) is 25.1. The normalized spacial score (nSPS) is 21.0. The van der Waals surface area contributed by atoms with Gasteiger partial charge in [0.25, 0.3) is 13.4 Å². The van der Waals surface area contributed by atoms with E-state index in [-0.39, 0.29) is 35.3 Å². The van der Waals surface area contributed by atoms with Gasteiger partial charge in [0.05, 0.1) is 27.8 Å². The monoisotopic (exact) mass is 1270 g/mol. The minimum Gasteiger partial charge on any atom is -0.356 e. The number of anilines is 9. The highest BCUT2D eigenvalue weighted by Crippen LogP contribution is 2.64. The maximum absolute atomic E-state index is 6.99. The highest BCUT2D eigenvalue weighted by molar-refractivity contribution is 7.01. The Balaban J connectivity index is 0.000000114. The molecule has 22 rings (SSSR count). The molecule has 4 unspecified atom stereocenters. The molecule has 4 atom stereocenters. The molecular weight excluding hydrogens is 1200 g/mol. The summed E-state index contributed by atoms with van der Waals surface area (Å²) in [5.74, 6) is 0. The van der Waals surface area contributed by atoms with E-state index >= 15 is 0 Å². The summed E-state index contributed by atoms with van der Waals surface area (Å²) in [5.41, 5.74) is 31.1. The van der Waals surface area contributed by atoms with E-state index in [1.807, 2.05) is 60.7 Å². The Morgan fingerprint density at radius 2 is 0.732 bits per heavy atom. The zero-order valence-electron chi connectivity index (χ0n) is 55.3. The fraction of sp³-hybridized carbons (Fsp3) is 0.182. The Bertz CT molecular complexity index is 5520. The van der Waals surface area contributed by atoms with Crippen molar-refractivity contribution in [1.82, 2.24) is 9.13 Å². The standard InChI is InChI=1S/C44H36BN3.C32H26BClN2.C12H11N/c1-43-25-11-12-26-44(43,2)48-39-28-31(46(29-15-5-3-6-16-29)30-17-7-4-8-18-30)27-38-40(39)45(36-23-14-21-34(43)42(36)48)35-22-13-20-33-32-19-9-10-24-37(32)47(38)41(33)35;1-31-15-5-6-16-32(31,2)36-27-18-19(34)17-26-28(27)33(24-13-8-11-22(31)30(24)36)23-12-7-10-21-20-9-3-4-14-25(20)35(26)29(21)23;1-3-7-11(8-4-1)13-12-9-5-2-6-10-12/h3-10,13-24,27-28H,11-12,25-26H2,1-2H3;3-4,7-14,17-18H,5-6,15-16H2,1-2H3;1-10,13H. The van der Waals surface area contributed by atoms with E-state index in [1.165, 1.54) is 173 Å². The van der Waals surface area contributed by atoms with Gasteiger partial charge in [-0.05, 0) is 168 Å². The van der Waals surface area contributed by atoms with E-state index in [4.69, 9.17) is 11.6 Å². The molecule has 8 heterocycles. The van der Waals surface area contributed by atoms with Gasteiger partial charge in [-0.15, -0.1) is 0 Å². The van der Waals surface area contributed by atoms with Crippen LogP contribution in [0, 0.1) is 0 Å². The molecule has 14 aromatic rings. The summed E-state index contributed by atoms with van der Waals surface area (Å²) in [6, 6.07) is 97.7. The first-order chi connectivity index (χ1) is 47.6. The second-order valence-electron chi connectivity index (χ2n) is 29.5. The van der Waals surface area contributed by atoms with Gasteiger partial charge in [-0.25, -0.2) is 0 Å². The van der Waals surface area contributed by atoms with E-state index in [2.05, 4.69) is 263 Å². The molecule has 1 N–H and O–H groups in total. The number of aromatic nitrogens is 2. The Kier molecular flexibility index (Phi) is 12.3. The van der Waals surface area contributed by atoms with E-state index in [0.717, 1.165) is 27.8 Å². The Hall–Kier alpha value is -10.1. The summed E-state index contributed by atoms with van der Waals surface area (Å²) < 4.78 is 5.09. The van der Waals surface area contributed by atoms with Crippen molar-refractivity contribution >= 4 is 153 Å². The molecular formula is C88H73B2ClN6. The van der Waals surface area contributed by atoms with Gasteiger partial charge in [0, 0.05) is 105 Å². The van der Waals surface area contributed by atoms with Crippen molar-refractivity contribution in [2.24, 2.45) is 0 Å². The molecule has 8 aliphatic rings. The molecule has 0 bridgehead atoms. The Morgan fingerprint density at radius 3 is 1.22 bits per heavy atom. The zero-order chi connectivity index (χ0) is 64.7. The van der Waals surface area contributed by atoms with Crippen LogP contribution in [0.1, 0.15) is 90.2 Å². The number of hydrogen-bond donors (Lipinski definition) is 1. The molecule has 2 saturated carbocycles. The number of fused-ring (bicyclic) bond motifs is 20. The number of nitrogens with zero attached hydrogens (tertiary/aromatic N) is 5. The van der Waals surface area contributed by atoms with Crippen LogP contribution in [0.3, 0.4) is 0 Å². The van der Waals surface area contributed by atoms with Crippen LogP contribution in [0.4, 0.5) is 51.2 Å². The van der Waals surface area contributed by atoms with Crippen LogP contribution in [-0.2, 0) is 10.8 Å². The molecule has 6 nitrogen and oxygen atoms in total. The summed E-state index contributed by atoms with van der Waals surface area (Å²) in [5, 5.41) is 9.43. The predicted molar refractivity (Wildman–Crippen MR) is 412 cm³/mol. The van der Waals surface area contributed by atoms with Gasteiger partial charge in [-0.2, -0.15) is 0 Å². The molecule has 9 heteroatoms. The minimum absolute atomic E-state index is 0.0174. The summed E-state index contributed by atoms with van der Waals surface area (Å²) in [4.78, 5) is 8.02. The van der Waals surface area contributed by atoms with Crippen LogP contribution in [0.15, 0.2) is 267 Å². The number of para-hydroxylation sites is 10. The molecule has 2 aromatic heterocycles. The largest absolute Gasteiger partial charge is 0.356 e. The number of halogens is 1. The van der Waals surface area contributed by atoms with E-state index in [1.54, 1.807) is 5.56 Å². The van der Waals surface area contributed by atoms with Crippen molar-refractivity contribution in [1.29, 1.82) is 0 Å². The summed E-state index contributed by atoms with van der Waals surface area (Å²) in [6.07, 6.45) is 10.0. The molecule has 97 heavy (non-hydrogen) atoms. The maximum Gasteiger partial charge on any atom is 0.252 e. The van der Waals surface area contributed by atoms with Crippen LogP contribution < -0.4 is 52.8 Å². The number of rotatable bonds is 5. The van der Waals surface area contributed by atoms with Gasteiger partial charge in [-0.1, -0.05) is 233 Å². The summed E-state index contributed by atoms with van der Waals surface area (Å²) in [6.45, 7) is 10.6. The Labute approximate surface area is 573 Å². The number of benzene rings is 12. The van der Waals surface area contributed by atoms with Crippen LogP contribution in [0.25, 0.3) is 55.0 Å². The lowest BCUT2D eigenvalue weighted by molar-refractivity contribution is 0.195. The van der Waals surface area contributed by atoms with Gasteiger partial charge >= 0.3 is 0 Å². The molecule has 0 radical (unpaired) electrons. The first-order valence-corrected chi connectivity index (χ1v) is 35.7. The second-order valence-corrected chi connectivity index (χ2v) is 29.9. The lowest BCUT2D eigenvalue weighted by atomic mass is 9.33. The summed E-state index contributed by atoms with van der Waals surface area (Å²) in [7, 11) is 0. The Morgan fingerprint density at radius 1 is 0.361 bits per heavy atom. The van der Waals surface area contributed by atoms with Crippen molar-refractivity contribution < 1.29 is 0 Å². The van der Waals surface area contributed by atoms with Gasteiger partial charge < -0.3 is 29.2 Å². The predicted octanol–water partition coefficient (Wildman–Crippen LogP) is 18.9. The van der Waals surface area contributed by atoms with Crippen molar-refractivity contribution in [3.63, 3.8) is 0 Å². The second kappa shape index (κ2) is 20.9. The third-order valence-electron chi connectivity index (χ3n) is 24.9. The zero-order valence-corrected chi connectivity index (χ0v) is 56.1. The average molecular weight is 1270 g/mol. The average Bonchev–Trinajstić information content (AvgIpc) is 1.52. The maximum atomic E-state index is 6.99. The van der Waals surface area contributed by atoms with Gasteiger partial charge in [-0.3, -0.25) is 0 Å². The SMILES string of the molecule is CC12CCCCC1(C)N1c3cc(Cl)cc4c3B(c3cccc2c31)c1cccc2c3ccccc3n-4c12.CC12CCCCC1(C)N1c3cc(N(c4ccccc4)c4ccccc4)cc4c3B(c3cccc2c31)c1cccc2c3ccccc3n-4c12.c1ccc(Nc2ccccc2)cc1. The van der Waals surface area contributed by atoms with E-state index in [0.29, 0.717) is 0 Å². The van der Waals surface area contributed by atoms with Gasteiger partial charge in [0.15, 0.2) is 0 Å². The fourth-order valence-electron chi connectivity index (χ4n) is 20.3. The minimum atomic E-state index is -0.0174. The molecule has 0 saturated heterocycles. The first-order valence-electron chi connectivity index (χ1n) is 35.3. The molecule has 0 spiro atoms. The van der Waals surface area contributed by atoms with Crippen LogP contribution >= 0.6 is 11.6 Å². The highest BCUT2D eigenvalue weighted by atomic mass is 35.5. The smallest absolute Gasteiger partial charge is 0.252 e. The molecule has 2 aliphatic carbocycles. The van der Waals surface area contributed by atoms with Crippen molar-refractivity contribution in [3.05, 3.63) is 283 Å². The fourth-order valence-corrected chi connectivity index (χ4v) is 20.5. The molecule has 0 amide bonds. The molecule has 468 valence electrons. The van der Waals surface area contributed by atoms with Crippen LogP contribution in [0.5, 0.6) is 0 Å². The topological polar surface area (TPSA) is 31.6 Å². The third kappa shape index (κ3) is 7.71. The quantitative estimate of drug-likeness (QED) is 0.174. The van der Waals surface area contributed by atoms with Crippen molar-refractivity contribution in [2.45, 2.75) is 101 Å². The van der Waals surface area contributed by atoms with Gasteiger partial charge in [0.1, 0.15) is 0 Å². The molecule has 12 aromatic carbocycles. The van der Waals surface area contributed by atoms with Crippen molar-refractivity contribution in [2.75, 3.05) is 20.0 Å². The van der Waals surface area contributed by atoms with Crippen molar-refractivity contribution in [3.8, 4) is 11.4 Å². The highest BCUT2D eigenvalue weighted by Gasteiger charge is 2.63. The molecule has 6 aliphatic heterocycles. The van der Waals surface area contributed by atoms with Crippen LogP contribution in [0.2, 0.25) is 5.02 Å². The lowest BCUT2D eigenvalue weighted by Crippen LogP contribution is -2.64. The lowest BCUT2D eigenvalue weighted by Gasteiger charge is -2.52. The summed E-state index contributed by atoms with van der Waals surface area (Å²) >= 11 is 6.99. The van der Waals surface area contributed by atoms with E-state index < -0.39 is 0 Å². The van der Waals surface area contributed by atoms with Gasteiger partial charge in [0.2, 0.25) is 0 Å².